The van der Waals surface area contributed by atoms with Crippen molar-refractivity contribution in [2.45, 2.75) is 39.0 Å². The first-order valence-corrected chi connectivity index (χ1v) is 7.97. The van der Waals surface area contributed by atoms with Gasteiger partial charge in [0.2, 0.25) is 11.0 Å². The van der Waals surface area contributed by atoms with Gasteiger partial charge in [0.15, 0.2) is 0 Å². The van der Waals surface area contributed by atoms with Gasteiger partial charge in [0, 0.05) is 12.1 Å². The molecular formula is C19H23N2+. The molecule has 3 aromatic rings. The van der Waals surface area contributed by atoms with Crippen LogP contribution in [-0.2, 0) is 13.5 Å². The van der Waals surface area contributed by atoms with Crippen molar-refractivity contribution >= 4 is 22.1 Å². The molecule has 0 aliphatic carbocycles. The SMILES string of the molecule is CCCCCCc1ccc2c(c1)nc1ccccc1[n+]2C. The van der Waals surface area contributed by atoms with E-state index in [2.05, 4.69) is 61.0 Å². The molecule has 0 aliphatic rings. The largest absolute Gasteiger partial charge is 0.235 e. The van der Waals surface area contributed by atoms with Crippen molar-refractivity contribution in [1.82, 2.24) is 4.98 Å². The van der Waals surface area contributed by atoms with Gasteiger partial charge in [-0.3, -0.25) is 0 Å². The summed E-state index contributed by atoms with van der Waals surface area (Å²) in [7, 11) is 2.12. The average molecular weight is 279 g/mol. The molecule has 2 heteroatoms. The zero-order valence-electron chi connectivity index (χ0n) is 13.0. The minimum Gasteiger partial charge on any atom is -0.235 e. The molecule has 0 saturated carbocycles. The van der Waals surface area contributed by atoms with Crippen LogP contribution in [0, 0.1) is 0 Å². The van der Waals surface area contributed by atoms with Crippen LogP contribution < -0.4 is 4.57 Å². The first-order chi connectivity index (χ1) is 10.3. The number of hydrogen-bond acceptors (Lipinski definition) is 1. The van der Waals surface area contributed by atoms with E-state index in [-0.39, 0.29) is 0 Å². The van der Waals surface area contributed by atoms with Crippen LogP contribution in [-0.4, -0.2) is 4.98 Å². The Balaban J connectivity index is 1.95. The van der Waals surface area contributed by atoms with E-state index in [0.29, 0.717) is 0 Å². The lowest BCUT2D eigenvalue weighted by Gasteiger charge is -2.04. The number of para-hydroxylation sites is 2. The Morgan fingerprint density at radius 1 is 0.905 bits per heavy atom. The summed E-state index contributed by atoms with van der Waals surface area (Å²) in [4.78, 5) is 4.82. The highest BCUT2D eigenvalue weighted by Crippen LogP contribution is 2.17. The predicted molar refractivity (Wildman–Crippen MR) is 88.3 cm³/mol. The summed E-state index contributed by atoms with van der Waals surface area (Å²) >= 11 is 0. The molecule has 0 spiro atoms. The van der Waals surface area contributed by atoms with Crippen LogP contribution >= 0.6 is 0 Å². The molecule has 108 valence electrons. The zero-order chi connectivity index (χ0) is 14.7. The van der Waals surface area contributed by atoms with Crippen molar-refractivity contribution in [3.8, 4) is 0 Å². The standard InChI is InChI=1S/C19H23N2/c1-3-4-5-6-9-15-12-13-19-17(14-15)20-16-10-7-8-11-18(16)21(19)2/h7-8,10-14H,3-6,9H2,1-2H3/q+1. The second kappa shape index (κ2) is 6.21. The van der Waals surface area contributed by atoms with Crippen LogP contribution in [0.1, 0.15) is 38.2 Å². The minimum atomic E-state index is 1.07. The summed E-state index contributed by atoms with van der Waals surface area (Å²) in [5, 5.41) is 0. The van der Waals surface area contributed by atoms with Gasteiger partial charge < -0.3 is 0 Å². The smallest absolute Gasteiger partial charge is 0.231 e. The number of benzene rings is 2. The van der Waals surface area contributed by atoms with Crippen LogP contribution in [0.2, 0.25) is 0 Å². The summed E-state index contributed by atoms with van der Waals surface area (Å²) in [5.41, 5.74) is 5.95. The van der Waals surface area contributed by atoms with Crippen molar-refractivity contribution < 1.29 is 4.57 Å². The fourth-order valence-corrected chi connectivity index (χ4v) is 2.96. The Morgan fingerprint density at radius 2 is 1.71 bits per heavy atom. The lowest BCUT2D eigenvalue weighted by molar-refractivity contribution is -0.617. The van der Waals surface area contributed by atoms with E-state index in [0.717, 1.165) is 17.5 Å². The summed E-state index contributed by atoms with van der Waals surface area (Å²) in [6.07, 6.45) is 6.40. The third kappa shape index (κ3) is 2.90. The van der Waals surface area contributed by atoms with Gasteiger partial charge in [-0.2, -0.15) is 4.57 Å². The Morgan fingerprint density at radius 3 is 2.57 bits per heavy atom. The van der Waals surface area contributed by atoms with Crippen LogP contribution in [0.15, 0.2) is 42.5 Å². The van der Waals surface area contributed by atoms with Crippen molar-refractivity contribution in [2.75, 3.05) is 0 Å². The minimum absolute atomic E-state index is 1.07. The van der Waals surface area contributed by atoms with Gasteiger partial charge in [0.1, 0.15) is 18.1 Å². The monoisotopic (exact) mass is 279 g/mol. The summed E-state index contributed by atoms with van der Waals surface area (Å²) in [6, 6.07) is 15.1. The molecule has 0 amide bonds. The fourth-order valence-electron chi connectivity index (χ4n) is 2.96. The second-order valence-corrected chi connectivity index (χ2v) is 5.79. The molecule has 2 nitrogen and oxygen atoms in total. The molecule has 21 heavy (non-hydrogen) atoms. The number of aryl methyl sites for hydroxylation is 2. The van der Waals surface area contributed by atoms with Gasteiger partial charge in [-0.15, -0.1) is 0 Å². The number of nitrogens with zero attached hydrogens (tertiary/aromatic N) is 2. The Hall–Kier alpha value is -1.96. The molecule has 0 saturated heterocycles. The van der Waals surface area contributed by atoms with E-state index >= 15 is 0 Å². The Bertz CT molecular complexity index is 762. The quantitative estimate of drug-likeness (QED) is 0.386. The van der Waals surface area contributed by atoms with Gasteiger partial charge in [-0.25, -0.2) is 4.98 Å². The van der Waals surface area contributed by atoms with Crippen molar-refractivity contribution in [3.05, 3.63) is 48.0 Å². The molecule has 0 unspecified atom stereocenters. The highest BCUT2D eigenvalue weighted by molar-refractivity contribution is 5.81. The number of rotatable bonds is 5. The topological polar surface area (TPSA) is 16.8 Å². The van der Waals surface area contributed by atoms with Crippen LogP contribution in [0.5, 0.6) is 0 Å². The third-order valence-electron chi connectivity index (χ3n) is 4.20. The number of hydrogen-bond donors (Lipinski definition) is 0. The molecule has 1 heterocycles. The zero-order valence-corrected chi connectivity index (χ0v) is 13.0. The second-order valence-electron chi connectivity index (χ2n) is 5.79. The number of unbranched alkanes of at least 4 members (excludes halogenated alkanes) is 3. The Kier molecular flexibility index (Phi) is 4.14. The lowest BCUT2D eigenvalue weighted by atomic mass is 10.1. The van der Waals surface area contributed by atoms with E-state index in [1.165, 1.54) is 42.3 Å². The molecule has 3 rings (SSSR count). The van der Waals surface area contributed by atoms with Gasteiger partial charge in [0.05, 0.1) is 0 Å². The third-order valence-corrected chi connectivity index (χ3v) is 4.20. The van der Waals surface area contributed by atoms with Gasteiger partial charge in [0.25, 0.3) is 0 Å². The maximum absolute atomic E-state index is 4.82. The molecule has 1 aromatic heterocycles. The van der Waals surface area contributed by atoms with Crippen molar-refractivity contribution in [3.63, 3.8) is 0 Å². The van der Waals surface area contributed by atoms with E-state index < -0.39 is 0 Å². The van der Waals surface area contributed by atoms with Gasteiger partial charge in [-0.05, 0) is 30.5 Å². The Labute approximate surface area is 126 Å². The predicted octanol–water partition coefficient (Wildman–Crippen LogP) is 4.34. The number of aromatic nitrogens is 2. The van der Waals surface area contributed by atoms with Gasteiger partial charge in [-0.1, -0.05) is 44.4 Å². The van der Waals surface area contributed by atoms with E-state index in [1.54, 1.807) is 0 Å². The van der Waals surface area contributed by atoms with E-state index in [9.17, 15) is 0 Å². The van der Waals surface area contributed by atoms with Crippen LogP contribution in [0.4, 0.5) is 0 Å². The number of fused-ring (bicyclic) bond motifs is 2. The molecule has 0 aliphatic heterocycles. The summed E-state index contributed by atoms with van der Waals surface area (Å²) < 4.78 is 2.23. The molecule has 0 radical (unpaired) electrons. The highest BCUT2D eigenvalue weighted by atomic mass is 15.0. The maximum atomic E-state index is 4.82. The highest BCUT2D eigenvalue weighted by Gasteiger charge is 2.12. The van der Waals surface area contributed by atoms with Crippen molar-refractivity contribution in [2.24, 2.45) is 7.05 Å². The van der Waals surface area contributed by atoms with Crippen LogP contribution in [0.3, 0.4) is 0 Å². The summed E-state index contributed by atoms with van der Waals surface area (Å²) in [6.45, 7) is 2.26. The lowest BCUT2D eigenvalue weighted by Crippen LogP contribution is -2.30. The normalized spacial score (nSPS) is 11.3. The molecule has 0 bridgehead atoms. The van der Waals surface area contributed by atoms with Crippen LogP contribution in [0.25, 0.3) is 22.1 Å². The first kappa shape index (κ1) is 14.0. The molecule has 0 fully saturated rings. The van der Waals surface area contributed by atoms with Gasteiger partial charge >= 0.3 is 0 Å². The maximum Gasteiger partial charge on any atom is 0.231 e. The first-order valence-electron chi connectivity index (χ1n) is 7.97. The van der Waals surface area contributed by atoms with E-state index in [4.69, 9.17) is 4.98 Å². The van der Waals surface area contributed by atoms with Crippen molar-refractivity contribution in [1.29, 1.82) is 0 Å². The molecule has 0 N–H and O–H groups in total. The molecule has 2 aromatic carbocycles. The average Bonchev–Trinajstić information content (AvgIpc) is 2.52. The molecular weight excluding hydrogens is 256 g/mol. The van der Waals surface area contributed by atoms with E-state index in [1.807, 2.05) is 0 Å². The summed E-state index contributed by atoms with van der Waals surface area (Å²) in [5.74, 6) is 0. The molecule has 0 atom stereocenters. The fraction of sp³-hybridized carbons (Fsp3) is 0.368.